The smallest absolute Gasteiger partial charge is 0.155 e. The minimum Gasteiger partial charge on any atom is -0.512 e. The molecule has 0 aromatic heterocycles. The fourth-order valence-electron chi connectivity index (χ4n) is 2.14. The minimum absolute atomic E-state index is 0. The third-order valence-corrected chi connectivity index (χ3v) is 2.96. The molecule has 0 aromatic carbocycles. The predicted octanol–water partition coefficient (Wildman–Crippen LogP) is 6.19. The Labute approximate surface area is 202 Å². The standard InChI is InChI=1S/3C8H14O2.Mo/c3*1-6(2)4-8(10)5-7(3)9;/h3*5-6,10H,4H2,1-3H3;/b3*8-5-;. The first-order chi connectivity index (χ1) is 13.6. The summed E-state index contributed by atoms with van der Waals surface area (Å²) in [6.45, 7) is 16.2. The Balaban J connectivity index is -0.000000174. The molecule has 0 fully saturated rings. The third kappa shape index (κ3) is 39.4. The van der Waals surface area contributed by atoms with Crippen LogP contribution in [0.3, 0.4) is 0 Å². The SMILES string of the molecule is CC(=O)/C=C(\O)CC(C)C.CC(=O)/C=C(\O)CC(C)C.CC(=O)/C=C(\O)CC(C)C.[Mo]. The van der Waals surface area contributed by atoms with Crippen molar-refractivity contribution in [1.29, 1.82) is 0 Å². The molecule has 0 radical (unpaired) electrons. The molecule has 7 heteroatoms. The van der Waals surface area contributed by atoms with Crippen LogP contribution in [0.2, 0.25) is 0 Å². The molecule has 0 heterocycles. The summed E-state index contributed by atoms with van der Waals surface area (Å²) < 4.78 is 0. The van der Waals surface area contributed by atoms with Gasteiger partial charge in [0.05, 0.1) is 17.3 Å². The number of allylic oxidation sites excluding steroid dienone is 6. The summed E-state index contributed by atoms with van der Waals surface area (Å²) >= 11 is 0. The van der Waals surface area contributed by atoms with Gasteiger partial charge in [0, 0.05) is 58.6 Å². The van der Waals surface area contributed by atoms with Crippen molar-refractivity contribution in [1.82, 2.24) is 0 Å². The number of ketones is 3. The maximum absolute atomic E-state index is 10.4. The van der Waals surface area contributed by atoms with Gasteiger partial charge in [-0.2, -0.15) is 0 Å². The maximum Gasteiger partial charge on any atom is 0.155 e. The van der Waals surface area contributed by atoms with Crippen LogP contribution in [-0.2, 0) is 35.4 Å². The zero-order valence-electron chi connectivity index (χ0n) is 20.6. The van der Waals surface area contributed by atoms with Gasteiger partial charge in [-0.1, -0.05) is 41.5 Å². The van der Waals surface area contributed by atoms with Crippen LogP contribution in [0, 0.1) is 17.8 Å². The number of carbonyl (C=O) groups is 3. The van der Waals surface area contributed by atoms with E-state index in [4.69, 9.17) is 15.3 Å². The second-order valence-electron chi connectivity index (χ2n) is 8.53. The minimum atomic E-state index is -0.0989. The molecule has 0 unspecified atom stereocenters. The van der Waals surface area contributed by atoms with Gasteiger partial charge in [-0.25, -0.2) is 0 Å². The largest absolute Gasteiger partial charge is 0.512 e. The van der Waals surface area contributed by atoms with Crippen LogP contribution < -0.4 is 0 Å². The van der Waals surface area contributed by atoms with Gasteiger partial charge < -0.3 is 15.3 Å². The Bertz CT molecular complexity index is 528. The maximum atomic E-state index is 10.4. The van der Waals surface area contributed by atoms with Crippen LogP contribution >= 0.6 is 0 Å². The first kappa shape index (κ1) is 36.7. The van der Waals surface area contributed by atoms with Crippen molar-refractivity contribution in [2.45, 2.75) is 81.6 Å². The number of hydrogen-bond acceptors (Lipinski definition) is 6. The van der Waals surface area contributed by atoms with E-state index in [0.29, 0.717) is 37.0 Å². The van der Waals surface area contributed by atoms with Crippen molar-refractivity contribution in [3.05, 3.63) is 35.5 Å². The van der Waals surface area contributed by atoms with E-state index in [-0.39, 0.29) is 55.7 Å². The molecule has 0 aliphatic rings. The van der Waals surface area contributed by atoms with Gasteiger partial charge in [-0.15, -0.1) is 0 Å². The van der Waals surface area contributed by atoms with E-state index in [9.17, 15) is 14.4 Å². The van der Waals surface area contributed by atoms with E-state index < -0.39 is 0 Å². The quantitative estimate of drug-likeness (QED) is 0.189. The van der Waals surface area contributed by atoms with Crippen molar-refractivity contribution in [3.63, 3.8) is 0 Å². The van der Waals surface area contributed by atoms with E-state index in [2.05, 4.69) is 0 Å². The van der Waals surface area contributed by atoms with Gasteiger partial charge in [0.1, 0.15) is 0 Å². The summed E-state index contributed by atoms with van der Waals surface area (Å²) in [5.41, 5.74) is 0. The van der Waals surface area contributed by atoms with E-state index in [1.165, 1.54) is 39.0 Å². The third-order valence-electron chi connectivity index (χ3n) is 2.96. The molecule has 0 aliphatic heterocycles. The Morgan fingerprint density at radius 3 is 0.806 bits per heavy atom. The van der Waals surface area contributed by atoms with Gasteiger partial charge >= 0.3 is 0 Å². The molecule has 0 amide bonds. The molecule has 0 aliphatic carbocycles. The first-order valence-electron chi connectivity index (χ1n) is 10.3. The average molecular weight is 523 g/mol. The van der Waals surface area contributed by atoms with Crippen LogP contribution in [-0.4, -0.2) is 32.7 Å². The van der Waals surface area contributed by atoms with E-state index in [0.717, 1.165) is 0 Å². The fraction of sp³-hybridized carbons (Fsp3) is 0.625. The van der Waals surface area contributed by atoms with Gasteiger partial charge in [0.15, 0.2) is 17.3 Å². The molecular formula is C24H42MoO6. The second-order valence-corrected chi connectivity index (χ2v) is 8.53. The average Bonchev–Trinajstić information content (AvgIpc) is 2.42. The van der Waals surface area contributed by atoms with Crippen LogP contribution in [0.4, 0.5) is 0 Å². The molecule has 0 aromatic rings. The number of aliphatic hydroxyl groups excluding tert-OH is 3. The fourth-order valence-corrected chi connectivity index (χ4v) is 2.14. The van der Waals surface area contributed by atoms with E-state index in [1.807, 2.05) is 41.5 Å². The summed E-state index contributed by atoms with van der Waals surface area (Å²) in [4.78, 5) is 31.2. The van der Waals surface area contributed by atoms with Crippen LogP contribution in [0.25, 0.3) is 0 Å². The van der Waals surface area contributed by atoms with Crippen molar-refractivity contribution >= 4 is 17.3 Å². The molecule has 0 rings (SSSR count). The monoisotopic (exact) mass is 524 g/mol. The number of aliphatic hydroxyl groups is 3. The second kappa shape index (κ2) is 21.5. The van der Waals surface area contributed by atoms with Gasteiger partial charge in [0.2, 0.25) is 0 Å². The molecule has 6 nitrogen and oxygen atoms in total. The summed E-state index contributed by atoms with van der Waals surface area (Å²) in [6, 6.07) is 0. The number of rotatable bonds is 9. The molecule has 0 bridgehead atoms. The molecule has 0 saturated heterocycles. The zero-order valence-corrected chi connectivity index (χ0v) is 22.6. The molecular weight excluding hydrogens is 480 g/mol. The summed E-state index contributed by atoms with van der Waals surface area (Å²) in [7, 11) is 0. The summed E-state index contributed by atoms with van der Waals surface area (Å²) in [5.74, 6) is 1.45. The molecule has 31 heavy (non-hydrogen) atoms. The van der Waals surface area contributed by atoms with Crippen molar-refractivity contribution in [3.8, 4) is 0 Å². The molecule has 3 N–H and O–H groups in total. The van der Waals surface area contributed by atoms with Crippen LogP contribution in [0.15, 0.2) is 35.5 Å². The van der Waals surface area contributed by atoms with Gasteiger partial charge in [-0.3, -0.25) is 14.4 Å². The molecule has 0 saturated carbocycles. The Kier molecular flexibility index (Phi) is 25.5. The van der Waals surface area contributed by atoms with Crippen LogP contribution in [0.5, 0.6) is 0 Å². The topological polar surface area (TPSA) is 112 Å². The number of hydrogen-bond donors (Lipinski definition) is 3. The number of carbonyl (C=O) groups excluding carboxylic acids is 3. The van der Waals surface area contributed by atoms with Crippen molar-refractivity contribution in [2.75, 3.05) is 0 Å². The zero-order chi connectivity index (χ0) is 24.4. The van der Waals surface area contributed by atoms with E-state index in [1.54, 1.807) is 0 Å². The van der Waals surface area contributed by atoms with Gasteiger partial charge in [-0.05, 0) is 38.5 Å². The summed E-state index contributed by atoms with van der Waals surface area (Å²) in [6.07, 6.45) is 5.54. The Hall–Kier alpha value is -1.68. The van der Waals surface area contributed by atoms with E-state index >= 15 is 0 Å². The summed E-state index contributed by atoms with van der Waals surface area (Å²) in [5, 5.41) is 27.1. The first-order valence-corrected chi connectivity index (χ1v) is 10.3. The predicted molar refractivity (Wildman–Crippen MR) is 123 cm³/mol. The molecule has 0 spiro atoms. The Morgan fingerprint density at radius 2 is 0.710 bits per heavy atom. The van der Waals surface area contributed by atoms with Gasteiger partial charge in [0.25, 0.3) is 0 Å². The van der Waals surface area contributed by atoms with Crippen LogP contribution in [0.1, 0.15) is 81.6 Å². The normalized spacial score (nSPS) is 11.8. The van der Waals surface area contributed by atoms with Crippen molar-refractivity contribution < 1.29 is 50.8 Å². The molecule has 180 valence electrons. The van der Waals surface area contributed by atoms with Crippen molar-refractivity contribution in [2.24, 2.45) is 17.8 Å². The Morgan fingerprint density at radius 1 is 0.548 bits per heavy atom. The molecule has 0 atom stereocenters.